The van der Waals surface area contributed by atoms with Crippen LogP contribution in [0.5, 0.6) is 0 Å². The lowest BCUT2D eigenvalue weighted by molar-refractivity contribution is -0.134. The largest absolute Gasteiger partial charge is 0.334 e. The zero-order valence-electron chi connectivity index (χ0n) is 11.3. The average Bonchev–Trinajstić information content (AvgIpc) is 3.21. The normalized spacial score (nSPS) is 16.2. The van der Waals surface area contributed by atoms with E-state index in [4.69, 9.17) is 5.73 Å². The molecule has 1 aliphatic carbocycles. The molecule has 2 N–H and O–H groups in total. The SMILES string of the molecule is CCC[C@@H](N)C(=O)N(Cc1ccccc1F)C1CC1. The fourth-order valence-corrected chi connectivity index (χ4v) is 2.23. The Labute approximate surface area is 113 Å². The number of halogens is 1. The van der Waals surface area contributed by atoms with E-state index in [9.17, 15) is 9.18 Å². The second kappa shape index (κ2) is 6.15. The first kappa shape index (κ1) is 14.0. The van der Waals surface area contributed by atoms with E-state index >= 15 is 0 Å². The maximum atomic E-state index is 13.7. The predicted molar refractivity (Wildman–Crippen MR) is 72.9 cm³/mol. The Kier molecular flexibility index (Phi) is 4.53. The molecule has 3 nitrogen and oxygen atoms in total. The van der Waals surface area contributed by atoms with Crippen molar-refractivity contribution in [2.24, 2.45) is 5.73 Å². The second-order valence-corrected chi connectivity index (χ2v) is 5.18. The van der Waals surface area contributed by atoms with Crippen LogP contribution in [0.15, 0.2) is 24.3 Å². The maximum Gasteiger partial charge on any atom is 0.240 e. The highest BCUT2D eigenvalue weighted by atomic mass is 19.1. The van der Waals surface area contributed by atoms with E-state index in [2.05, 4.69) is 0 Å². The Hall–Kier alpha value is -1.42. The summed E-state index contributed by atoms with van der Waals surface area (Å²) in [4.78, 5) is 14.1. The number of hydrogen-bond donors (Lipinski definition) is 1. The van der Waals surface area contributed by atoms with Crippen LogP contribution in [0, 0.1) is 5.82 Å². The molecule has 0 spiro atoms. The van der Waals surface area contributed by atoms with Gasteiger partial charge in [0.05, 0.1) is 6.04 Å². The Bertz CT molecular complexity index is 446. The Morgan fingerprint density at radius 2 is 2.16 bits per heavy atom. The molecule has 1 fully saturated rings. The third-order valence-electron chi connectivity index (χ3n) is 3.49. The first-order valence-corrected chi connectivity index (χ1v) is 6.93. The van der Waals surface area contributed by atoms with Crippen LogP contribution < -0.4 is 5.73 Å². The zero-order chi connectivity index (χ0) is 13.8. The summed E-state index contributed by atoms with van der Waals surface area (Å²) in [6.07, 6.45) is 3.56. The van der Waals surface area contributed by atoms with Gasteiger partial charge in [-0.25, -0.2) is 4.39 Å². The number of nitrogens with zero attached hydrogens (tertiary/aromatic N) is 1. The maximum absolute atomic E-state index is 13.7. The van der Waals surface area contributed by atoms with Gasteiger partial charge < -0.3 is 10.6 Å². The van der Waals surface area contributed by atoms with Crippen molar-refractivity contribution in [3.05, 3.63) is 35.6 Å². The van der Waals surface area contributed by atoms with Crippen molar-refractivity contribution in [3.63, 3.8) is 0 Å². The molecule has 19 heavy (non-hydrogen) atoms. The molecule has 0 heterocycles. The molecule has 4 heteroatoms. The molecule has 1 aromatic carbocycles. The van der Waals surface area contributed by atoms with E-state index in [-0.39, 0.29) is 17.8 Å². The number of amides is 1. The molecule has 104 valence electrons. The van der Waals surface area contributed by atoms with E-state index in [1.54, 1.807) is 23.1 Å². The third kappa shape index (κ3) is 3.53. The summed E-state index contributed by atoms with van der Waals surface area (Å²) >= 11 is 0. The monoisotopic (exact) mass is 264 g/mol. The molecule has 0 unspecified atom stereocenters. The second-order valence-electron chi connectivity index (χ2n) is 5.18. The first-order valence-electron chi connectivity index (χ1n) is 6.93. The highest BCUT2D eigenvalue weighted by Crippen LogP contribution is 2.29. The Balaban J connectivity index is 2.08. The van der Waals surface area contributed by atoms with Crippen molar-refractivity contribution in [1.29, 1.82) is 0 Å². The standard InChI is InChI=1S/C15H21FN2O/c1-2-5-14(17)15(19)18(12-8-9-12)10-11-6-3-4-7-13(11)16/h3-4,6-7,12,14H,2,5,8-10,17H2,1H3/t14-/m1/s1. The van der Waals surface area contributed by atoms with Gasteiger partial charge in [-0.1, -0.05) is 31.5 Å². The minimum absolute atomic E-state index is 0.0485. The molecular weight excluding hydrogens is 243 g/mol. The van der Waals surface area contributed by atoms with Crippen LogP contribution in [0.25, 0.3) is 0 Å². The van der Waals surface area contributed by atoms with Crippen molar-refractivity contribution in [3.8, 4) is 0 Å². The van der Waals surface area contributed by atoms with Gasteiger partial charge in [0.25, 0.3) is 0 Å². The van der Waals surface area contributed by atoms with Gasteiger partial charge in [-0.3, -0.25) is 4.79 Å². The summed E-state index contributed by atoms with van der Waals surface area (Å²) in [5, 5.41) is 0. The molecular formula is C15H21FN2O. The zero-order valence-corrected chi connectivity index (χ0v) is 11.3. The summed E-state index contributed by atoms with van der Waals surface area (Å²) in [6, 6.07) is 6.39. The fraction of sp³-hybridized carbons (Fsp3) is 0.533. The van der Waals surface area contributed by atoms with Crippen LogP contribution >= 0.6 is 0 Å². The smallest absolute Gasteiger partial charge is 0.240 e. The van der Waals surface area contributed by atoms with Crippen LogP contribution in [0.3, 0.4) is 0 Å². The van der Waals surface area contributed by atoms with Gasteiger partial charge in [-0.2, -0.15) is 0 Å². The van der Waals surface area contributed by atoms with E-state index < -0.39 is 6.04 Å². The molecule has 1 atom stereocenters. The van der Waals surface area contributed by atoms with Crippen LogP contribution in [-0.4, -0.2) is 22.9 Å². The lowest BCUT2D eigenvalue weighted by atomic mass is 10.1. The van der Waals surface area contributed by atoms with E-state index in [0.717, 1.165) is 19.3 Å². The number of benzene rings is 1. The van der Waals surface area contributed by atoms with Crippen LogP contribution in [0.2, 0.25) is 0 Å². The lowest BCUT2D eigenvalue weighted by Crippen LogP contribution is -2.44. The van der Waals surface area contributed by atoms with Gasteiger partial charge in [-0.15, -0.1) is 0 Å². The lowest BCUT2D eigenvalue weighted by Gasteiger charge is -2.26. The van der Waals surface area contributed by atoms with E-state index in [1.807, 2.05) is 6.92 Å². The highest BCUT2D eigenvalue weighted by molar-refractivity contribution is 5.82. The first-order chi connectivity index (χ1) is 9.13. The van der Waals surface area contributed by atoms with E-state index in [0.29, 0.717) is 18.5 Å². The minimum atomic E-state index is -0.461. The van der Waals surface area contributed by atoms with Crippen LogP contribution in [-0.2, 0) is 11.3 Å². The van der Waals surface area contributed by atoms with Crippen molar-refractivity contribution in [1.82, 2.24) is 4.90 Å². The van der Waals surface area contributed by atoms with Gasteiger partial charge in [0.15, 0.2) is 0 Å². The summed E-state index contributed by atoms with van der Waals surface area (Å²) in [6.45, 7) is 2.33. The molecule has 0 bridgehead atoms. The fourth-order valence-electron chi connectivity index (χ4n) is 2.23. The molecule has 0 radical (unpaired) electrons. The molecule has 1 saturated carbocycles. The van der Waals surface area contributed by atoms with Crippen LogP contribution in [0.4, 0.5) is 4.39 Å². The molecule has 1 aromatic rings. The average molecular weight is 264 g/mol. The number of rotatable bonds is 6. The summed E-state index contributed by atoms with van der Waals surface area (Å²) in [5.74, 6) is -0.308. The summed E-state index contributed by atoms with van der Waals surface area (Å²) in [7, 11) is 0. The molecule has 0 saturated heterocycles. The van der Waals surface area contributed by atoms with Crippen molar-refractivity contribution >= 4 is 5.91 Å². The van der Waals surface area contributed by atoms with Gasteiger partial charge in [0.2, 0.25) is 5.91 Å². The van der Waals surface area contributed by atoms with Crippen molar-refractivity contribution in [2.75, 3.05) is 0 Å². The highest BCUT2D eigenvalue weighted by Gasteiger charge is 2.34. The number of hydrogen-bond acceptors (Lipinski definition) is 2. The quantitative estimate of drug-likeness (QED) is 0.857. The summed E-state index contributed by atoms with van der Waals surface area (Å²) < 4.78 is 13.7. The molecule has 0 aromatic heterocycles. The van der Waals surface area contributed by atoms with Gasteiger partial charge in [0, 0.05) is 18.2 Å². The van der Waals surface area contributed by atoms with Crippen LogP contribution in [0.1, 0.15) is 38.2 Å². The number of carbonyl (C=O) groups excluding carboxylic acids is 1. The molecule has 1 amide bonds. The number of carbonyl (C=O) groups is 1. The topological polar surface area (TPSA) is 46.3 Å². The minimum Gasteiger partial charge on any atom is -0.334 e. The Morgan fingerprint density at radius 3 is 2.74 bits per heavy atom. The number of nitrogens with two attached hydrogens (primary N) is 1. The molecule has 0 aliphatic heterocycles. The van der Waals surface area contributed by atoms with Crippen molar-refractivity contribution < 1.29 is 9.18 Å². The molecule has 2 rings (SSSR count). The van der Waals surface area contributed by atoms with Gasteiger partial charge in [-0.05, 0) is 25.3 Å². The summed E-state index contributed by atoms with van der Waals surface area (Å²) in [5.41, 5.74) is 6.46. The van der Waals surface area contributed by atoms with Crippen molar-refractivity contribution in [2.45, 2.75) is 51.2 Å². The van der Waals surface area contributed by atoms with E-state index in [1.165, 1.54) is 6.07 Å². The predicted octanol–water partition coefficient (Wildman–Crippen LogP) is 2.44. The molecule has 1 aliphatic rings. The van der Waals surface area contributed by atoms with Gasteiger partial charge >= 0.3 is 0 Å². The third-order valence-corrected chi connectivity index (χ3v) is 3.49. The Morgan fingerprint density at radius 1 is 1.47 bits per heavy atom. The van der Waals surface area contributed by atoms with Gasteiger partial charge in [0.1, 0.15) is 5.82 Å².